The molecule has 0 aliphatic carbocycles. The monoisotopic (exact) mass is 204 g/mol. The van der Waals surface area contributed by atoms with Crippen LogP contribution in [-0.4, -0.2) is 62.6 Å². The highest BCUT2D eigenvalue weighted by Gasteiger charge is 2.03. The Morgan fingerprint density at radius 1 is 1.36 bits per heavy atom. The average Bonchev–Trinajstić information content (AvgIpc) is 2.10. The van der Waals surface area contributed by atoms with Gasteiger partial charge in [-0.05, 0) is 27.9 Å². The van der Waals surface area contributed by atoms with E-state index in [-0.39, 0.29) is 18.8 Å². The lowest BCUT2D eigenvalue weighted by Crippen LogP contribution is -2.34. The molecule has 2 atom stereocenters. The third-order valence-corrected chi connectivity index (χ3v) is 1.89. The van der Waals surface area contributed by atoms with E-state index in [0.29, 0.717) is 6.61 Å². The molecule has 0 aromatic carbocycles. The predicted octanol–water partition coefficient (Wildman–Crippen LogP) is -0.0765. The molecule has 4 heteroatoms. The van der Waals surface area contributed by atoms with Crippen LogP contribution in [0.3, 0.4) is 0 Å². The molecule has 0 aliphatic heterocycles. The van der Waals surface area contributed by atoms with Crippen LogP contribution < -0.4 is 5.32 Å². The number of hydrogen-bond donors (Lipinski definition) is 2. The fraction of sp³-hybridized carbons (Fsp3) is 1.00. The fourth-order valence-corrected chi connectivity index (χ4v) is 1.20. The van der Waals surface area contributed by atoms with Gasteiger partial charge in [-0.2, -0.15) is 0 Å². The SMILES string of the molecule is CC(CO)NCCOC(C)CN(C)C. The van der Waals surface area contributed by atoms with Crippen molar-refractivity contribution in [1.82, 2.24) is 10.2 Å². The van der Waals surface area contributed by atoms with Gasteiger partial charge in [-0.3, -0.25) is 0 Å². The molecule has 0 aromatic heterocycles. The van der Waals surface area contributed by atoms with E-state index in [1.165, 1.54) is 0 Å². The van der Waals surface area contributed by atoms with E-state index in [0.717, 1.165) is 13.1 Å². The van der Waals surface area contributed by atoms with E-state index in [2.05, 4.69) is 17.1 Å². The van der Waals surface area contributed by atoms with Crippen LogP contribution in [0.15, 0.2) is 0 Å². The van der Waals surface area contributed by atoms with Crippen molar-refractivity contribution in [3.8, 4) is 0 Å². The number of nitrogens with zero attached hydrogens (tertiary/aromatic N) is 1. The zero-order chi connectivity index (χ0) is 11.0. The van der Waals surface area contributed by atoms with E-state index < -0.39 is 0 Å². The van der Waals surface area contributed by atoms with Crippen molar-refractivity contribution in [2.45, 2.75) is 26.0 Å². The third kappa shape index (κ3) is 8.44. The van der Waals surface area contributed by atoms with Crippen LogP contribution >= 0.6 is 0 Å². The minimum absolute atomic E-state index is 0.155. The highest BCUT2D eigenvalue weighted by atomic mass is 16.5. The van der Waals surface area contributed by atoms with Gasteiger partial charge in [-0.25, -0.2) is 0 Å². The molecular weight excluding hydrogens is 180 g/mol. The molecular formula is C10H24N2O2. The minimum atomic E-state index is 0.155. The summed E-state index contributed by atoms with van der Waals surface area (Å²) in [6.45, 7) is 6.61. The average molecular weight is 204 g/mol. The normalized spacial score (nSPS) is 15.9. The zero-order valence-electron chi connectivity index (χ0n) is 9.79. The molecule has 0 bridgehead atoms. The Bertz CT molecular complexity index is 131. The Morgan fingerprint density at radius 2 is 2.00 bits per heavy atom. The molecule has 0 aromatic rings. The summed E-state index contributed by atoms with van der Waals surface area (Å²) >= 11 is 0. The molecule has 2 unspecified atom stereocenters. The first-order valence-electron chi connectivity index (χ1n) is 5.16. The topological polar surface area (TPSA) is 44.7 Å². The highest BCUT2D eigenvalue weighted by molar-refractivity contribution is 4.58. The fourth-order valence-electron chi connectivity index (χ4n) is 1.20. The summed E-state index contributed by atoms with van der Waals surface area (Å²) in [7, 11) is 4.07. The van der Waals surface area contributed by atoms with Gasteiger partial charge in [0.25, 0.3) is 0 Å². The lowest BCUT2D eigenvalue weighted by Gasteiger charge is -2.18. The van der Waals surface area contributed by atoms with Crippen molar-refractivity contribution in [3.63, 3.8) is 0 Å². The number of rotatable bonds is 8. The van der Waals surface area contributed by atoms with Gasteiger partial charge in [-0.15, -0.1) is 0 Å². The van der Waals surface area contributed by atoms with Crippen LogP contribution in [0.1, 0.15) is 13.8 Å². The number of nitrogens with one attached hydrogen (secondary N) is 1. The Balaban J connectivity index is 3.27. The summed E-state index contributed by atoms with van der Waals surface area (Å²) in [5.41, 5.74) is 0. The minimum Gasteiger partial charge on any atom is -0.395 e. The summed E-state index contributed by atoms with van der Waals surface area (Å²) in [4.78, 5) is 2.11. The van der Waals surface area contributed by atoms with Crippen molar-refractivity contribution in [2.75, 3.05) is 40.4 Å². The van der Waals surface area contributed by atoms with E-state index in [1.807, 2.05) is 21.0 Å². The summed E-state index contributed by atoms with van der Waals surface area (Å²) in [6.07, 6.45) is 0.260. The van der Waals surface area contributed by atoms with Gasteiger partial charge in [0.05, 0.1) is 19.3 Å². The summed E-state index contributed by atoms with van der Waals surface area (Å²) < 4.78 is 5.56. The van der Waals surface area contributed by atoms with Crippen molar-refractivity contribution < 1.29 is 9.84 Å². The molecule has 0 saturated carbocycles. The van der Waals surface area contributed by atoms with E-state index in [9.17, 15) is 0 Å². The van der Waals surface area contributed by atoms with Crippen LogP contribution in [0.2, 0.25) is 0 Å². The number of aliphatic hydroxyl groups is 1. The van der Waals surface area contributed by atoms with Crippen LogP contribution in [0.5, 0.6) is 0 Å². The number of ether oxygens (including phenoxy) is 1. The summed E-state index contributed by atoms with van der Waals surface area (Å²) in [5.74, 6) is 0. The second kappa shape index (κ2) is 8.17. The molecule has 0 saturated heterocycles. The van der Waals surface area contributed by atoms with Gasteiger partial charge in [-0.1, -0.05) is 0 Å². The predicted molar refractivity (Wildman–Crippen MR) is 58.5 cm³/mol. The van der Waals surface area contributed by atoms with Crippen LogP contribution in [0.25, 0.3) is 0 Å². The third-order valence-electron chi connectivity index (χ3n) is 1.89. The van der Waals surface area contributed by atoms with Gasteiger partial charge in [0.2, 0.25) is 0 Å². The first-order valence-corrected chi connectivity index (χ1v) is 5.16. The maximum Gasteiger partial charge on any atom is 0.0674 e. The maximum absolute atomic E-state index is 8.75. The maximum atomic E-state index is 8.75. The molecule has 4 nitrogen and oxygen atoms in total. The molecule has 0 aliphatic rings. The van der Waals surface area contributed by atoms with Gasteiger partial charge < -0.3 is 20.1 Å². The molecule has 14 heavy (non-hydrogen) atoms. The molecule has 0 rings (SSSR count). The van der Waals surface area contributed by atoms with Crippen LogP contribution in [0.4, 0.5) is 0 Å². The molecule has 86 valence electrons. The molecule has 0 radical (unpaired) electrons. The second-order valence-corrected chi connectivity index (χ2v) is 3.98. The Morgan fingerprint density at radius 3 is 2.50 bits per heavy atom. The van der Waals surface area contributed by atoms with E-state index in [1.54, 1.807) is 0 Å². The lowest BCUT2D eigenvalue weighted by molar-refractivity contribution is 0.0484. The first kappa shape index (κ1) is 13.8. The van der Waals surface area contributed by atoms with E-state index in [4.69, 9.17) is 9.84 Å². The quantitative estimate of drug-likeness (QED) is 0.543. The van der Waals surface area contributed by atoms with Gasteiger partial charge >= 0.3 is 0 Å². The molecule has 0 fully saturated rings. The summed E-state index contributed by atoms with van der Waals surface area (Å²) in [5, 5.41) is 11.9. The Hall–Kier alpha value is -0.160. The second-order valence-electron chi connectivity index (χ2n) is 3.98. The van der Waals surface area contributed by atoms with Crippen molar-refractivity contribution in [3.05, 3.63) is 0 Å². The number of aliphatic hydroxyl groups excluding tert-OH is 1. The van der Waals surface area contributed by atoms with Crippen LogP contribution in [0, 0.1) is 0 Å². The largest absolute Gasteiger partial charge is 0.395 e. The van der Waals surface area contributed by atoms with Gasteiger partial charge in [0.15, 0.2) is 0 Å². The van der Waals surface area contributed by atoms with Crippen molar-refractivity contribution >= 4 is 0 Å². The Labute approximate surface area is 87.2 Å². The zero-order valence-corrected chi connectivity index (χ0v) is 9.79. The highest BCUT2D eigenvalue weighted by Crippen LogP contribution is 1.91. The number of hydrogen-bond acceptors (Lipinski definition) is 4. The standard InChI is InChI=1S/C10H24N2O2/c1-9(8-13)11-5-6-14-10(2)7-12(3)4/h9-11,13H,5-8H2,1-4H3. The molecule has 0 amide bonds. The van der Waals surface area contributed by atoms with Crippen molar-refractivity contribution in [2.24, 2.45) is 0 Å². The van der Waals surface area contributed by atoms with Gasteiger partial charge in [0, 0.05) is 19.1 Å². The smallest absolute Gasteiger partial charge is 0.0674 e. The molecule has 0 spiro atoms. The summed E-state index contributed by atoms with van der Waals surface area (Å²) in [6, 6.07) is 0.155. The number of likely N-dealkylation sites (N-methyl/N-ethyl adjacent to an activating group) is 1. The van der Waals surface area contributed by atoms with Crippen LogP contribution in [-0.2, 0) is 4.74 Å². The van der Waals surface area contributed by atoms with Gasteiger partial charge in [0.1, 0.15) is 0 Å². The molecule has 0 heterocycles. The first-order chi connectivity index (χ1) is 6.56. The molecule has 2 N–H and O–H groups in total. The lowest BCUT2D eigenvalue weighted by atomic mass is 10.3. The Kier molecular flexibility index (Phi) is 8.08. The van der Waals surface area contributed by atoms with E-state index >= 15 is 0 Å². The van der Waals surface area contributed by atoms with Crippen molar-refractivity contribution in [1.29, 1.82) is 0 Å².